The lowest BCUT2D eigenvalue weighted by atomic mass is 9.99. The second-order valence-corrected chi connectivity index (χ2v) is 7.45. The zero-order valence-corrected chi connectivity index (χ0v) is 17.1. The van der Waals surface area contributed by atoms with Crippen LogP contribution >= 0.6 is 0 Å². The van der Waals surface area contributed by atoms with Crippen LogP contribution in [-0.2, 0) is 9.53 Å². The Morgan fingerprint density at radius 2 is 1.90 bits per heavy atom. The highest BCUT2D eigenvalue weighted by molar-refractivity contribution is 5.72. The van der Waals surface area contributed by atoms with E-state index >= 15 is 0 Å². The van der Waals surface area contributed by atoms with E-state index < -0.39 is 0 Å². The van der Waals surface area contributed by atoms with Crippen LogP contribution < -0.4 is 10.5 Å². The van der Waals surface area contributed by atoms with E-state index in [0.29, 0.717) is 13.2 Å². The van der Waals surface area contributed by atoms with Crippen molar-refractivity contribution in [1.29, 1.82) is 0 Å². The molecule has 156 valence electrons. The van der Waals surface area contributed by atoms with Crippen LogP contribution in [0.4, 0.5) is 4.39 Å². The number of carbonyl (C=O) groups is 1. The van der Waals surface area contributed by atoms with E-state index in [2.05, 4.69) is 4.90 Å². The van der Waals surface area contributed by atoms with Crippen molar-refractivity contribution < 1.29 is 18.7 Å². The Morgan fingerprint density at radius 3 is 2.52 bits per heavy atom. The molecule has 1 heterocycles. The Bertz CT molecular complexity index is 815. The predicted octanol–water partition coefficient (Wildman–Crippen LogP) is 3.92. The highest BCUT2D eigenvalue weighted by atomic mass is 19.1. The number of piperidine rings is 1. The molecule has 1 fully saturated rings. The van der Waals surface area contributed by atoms with Crippen molar-refractivity contribution in [3.05, 3.63) is 53.8 Å². The smallest absolute Gasteiger partial charge is 0.320 e. The summed E-state index contributed by atoms with van der Waals surface area (Å²) in [6.45, 7) is 6.05. The summed E-state index contributed by atoms with van der Waals surface area (Å²) in [6.07, 6.45) is 1.73. The Labute approximate surface area is 171 Å². The molecule has 3 rings (SSSR count). The summed E-state index contributed by atoms with van der Waals surface area (Å²) >= 11 is 0. The number of rotatable bonds is 7. The molecule has 5 nitrogen and oxygen atoms in total. The molecule has 0 bridgehead atoms. The van der Waals surface area contributed by atoms with E-state index in [1.165, 1.54) is 12.1 Å². The summed E-state index contributed by atoms with van der Waals surface area (Å²) in [5, 5.41) is 0. The van der Waals surface area contributed by atoms with E-state index in [9.17, 15) is 9.18 Å². The van der Waals surface area contributed by atoms with Gasteiger partial charge in [0, 0.05) is 24.7 Å². The molecular weight excluding hydrogens is 371 g/mol. The molecule has 0 spiro atoms. The third-order valence-electron chi connectivity index (χ3n) is 5.17. The maximum Gasteiger partial charge on any atom is 0.320 e. The number of benzene rings is 2. The Hall–Kier alpha value is -2.44. The van der Waals surface area contributed by atoms with Gasteiger partial charge in [0.05, 0.1) is 13.2 Å². The zero-order chi connectivity index (χ0) is 20.8. The standard InChI is InChI=1S/C23H29FN2O3/c1-3-28-23(27)15-26-12-10-20(11-13-26)29-22-9-6-18(16(2)25)14-21(22)17-4-7-19(24)8-5-17/h4-9,14,16,20H,3,10-13,15,25H2,1-2H3. The van der Waals surface area contributed by atoms with Crippen LogP contribution in [0.2, 0.25) is 0 Å². The Kier molecular flexibility index (Phi) is 7.23. The Balaban J connectivity index is 1.71. The average molecular weight is 400 g/mol. The normalized spacial score (nSPS) is 16.4. The summed E-state index contributed by atoms with van der Waals surface area (Å²) < 4.78 is 24.7. The maximum atomic E-state index is 13.4. The summed E-state index contributed by atoms with van der Waals surface area (Å²) in [6, 6.07) is 12.2. The van der Waals surface area contributed by atoms with Gasteiger partial charge in [-0.3, -0.25) is 9.69 Å². The van der Waals surface area contributed by atoms with Crippen LogP contribution in [0, 0.1) is 5.82 Å². The summed E-state index contributed by atoms with van der Waals surface area (Å²) in [5.41, 5.74) is 8.86. The number of nitrogens with zero attached hydrogens (tertiary/aromatic N) is 1. The number of likely N-dealkylation sites (tertiary alicyclic amines) is 1. The molecule has 29 heavy (non-hydrogen) atoms. The van der Waals surface area contributed by atoms with Gasteiger partial charge in [-0.25, -0.2) is 4.39 Å². The van der Waals surface area contributed by atoms with Gasteiger partial charge < -0.3 is 15.2 Å². The number of carbonyl (C=O) groups excluding carboxylic acids is 1. The minimum atomic E-state index is -0.270. The molecule has 1 atom stereocenters. The first-order chi connectivity index (χ1) is 14.0. The minimum absolute atomic E-state index is 0.0637. The number of hydrogen-bond donors (Lipinski definition) is 1. The molecule has 2 aromatic rings. The quantitative estimate of drug-likeness (QED) is 0.714. The minimum Gasteiger partial charge on any atom is -0.490 e. The van der Waals surface area contributed by atoms with Gasteiger partial charge in [-0.2, -0.15) is 0 Å². The Morgan fingerprint density at radius 1 is 1.21 bits per heavy atom. The van der Waals surface area contributed by atoms with Crippen molar-refractivity contribution in [2.45, 2.75) is 38.8 Å². The molecule has 1 saturated heterocycles. The van der Waals surface area contributed by atoms with Gasteiger partial charge in [0.2, 0.25) is 0 Å². The lowest BCUT2D eigenvalue weighted by Crippen LogP contribution is -2.41. The van der Waals surface area contributed by atoms with E-state index in [-0.39, 0.29) is 23.9 Å². The highest BCUT2D eigenvalue weighted by Crippen LogP contribution is 2.34. The van der Waals surface area contributed by atoms with Gasteiger partial charge in [0.25, 0.3) is 0 Å². The first-order valence-electron chi connectivity index (χ1n) is 10.2. The molecule has 1 aliphatic heterocycles. The summed E-state index contributed by atoms with van der Waals surface area (Å²) in [4.78, 5) is 13.8. The van der Waals surface area contributed by atoms with E-state index in [0.717, 1.165) is 48.4 Å². The molecule has 0 amide bonds. The molecular formula is C23H29FN2O3. The van der Waals surface area contributed by atoms with Gasteiger partial charge in [0.1, 0.15) is 17.7 Å². The second-order valence-electron chi connectivity index (χ2n) is 7.45. The van der Waals surface area contributed by atoms with Crippen LogP contribution in [0.1, 0.15) is 38.3 Å². The fourth-order valence-electron chi connectivity index (χ4n) is 3.54. The topological polar surface area (TPSA) is 64.8 Å². The molecule has 0 saturated carbocycles. The predicted molar refractivity (Wildman–Crippen MR) is 111 cm³/mol. The van der Waals surface area contributed by atoms with Gasteiger partial charge in [0.15, 0.2) is 0 Å². The summed E-state index contributed by atoms with van der Waals surface area (Å²) in [5.74, 6) is 0.315. The van der Waals surface area contributed by atoms with Gasteiger partial charge in [-0.15, -0.1) is 0 Å². The highest BCUT2D eigenvalue weighted by Gasteiger charge is 2.23. The third-order valence-corrected chi connectivity index (χ3v) is 5.17. The number of nitrogens with two attached hydrogens (primary N) is 1. The van der Waals surface area contributed by atoms with Gasteiger partial charge >= 0.3 is 5.97 Å². The van der Waals surface area contributed by atoms with Crippen molar-refractivity contribution in [1.82, 2.24) is 4.90 Å². The summed E-state index contributed by atoms with van der Waals surface area (Å²) in [7, 11) is 0. The first-order valence-corrected chi connectivity index (χ1v) is 10.2. The van der Waals surface area contributed by atoms with Gasteiger partial charge in [-0.1, -0.05) is 18.2 Å². The number of ether oxygens (including phenoxy) is 2. The van der Waals surface area contributed by atoms with Crippen LogP contribution in [0.3, 0.4) is 0 Å². The van der Waals surface area contributed by atoms with Crippen molar-refractivity contribution in [2.75, 3.05) is 26.2 Å². The maximum absolute atomic E-state index is 13.4. The van der Waals surface area contributed by atoms with Crippen LogP contribution in [-0.4, -0.2) is 43.2 Å². The molecule has 2 N–H and O–H groups in total. The molecule has 0 aliphatic carbocycles. The SMILES string of the molecule is CCOC(=O)CN1CCC(Oc2ccc(C(C)N)cc2-c2ccc(F)cc2)CC1. The van der Waals surface area contributed by atoms with E-state index in [1.54, 1.807) is 12.1 Å². The van der Waals surface area contributed by atoms with Crippen LogP contribution in [0.15, 0.2) is 42.5 Å². The average Bonchev–Trinajstić information content (AvgIpc) is 2.70. The molecule has 0 aromatic heterocycles. The van der Waals surface area contributed by atoms with Crippen LogP contribution in [0.25, 0.3) is 11.1 Å². The van der Waals surface area contributed by atoms with Crippen molar-refractivity contribution in [2.24, 2.45) is 5.73 Å². The first kappa shape index (κ1) is 21.3. The number of halogens is 1. The van der Waals surface area contributed by atoms with Crippen molar-refractivity contribution in [3.63, 3.8) is 0 Å². The molecule has 6 heteroatoms. The van der Waals surface area contributed by atoms with Gasteiger partial charge in [-0.05, 0) is 62.1 Å². The monoisotopic (exact) mass is 400 g/mol. The van der Waals surface area contributed by atoms with Crippen molar-refractivity contribution >= 4 is 5.97 Å². The lowest BCUT2D eigenvalue weighted by molar-refractivity contribution is -0.144. The zero-order valence-electron chi connectivity index (χ0n) is 17.1. The fraction of sp³-hybridized carbons (Fsp3) is 0.435. The number of hydrogen-bond acceptors (Lipinski definition) is 5. The van der Waals surface area contributed by atoms with E-state index in [1.807, 2.05) is 32.0 Å². The third kappa shape index (κ3) is 5.78. The molecule has 1 aliphatic rings. The van der Waals surface area contributed by atoms with E-state index in [4.69, 9.17) is 15.2 Å². The van der Waals surface area contributed by atoms with Crippen LogP contribution in [0.5, 0.6) is 5.75 Å². The molecule has 1 unspecified atom stereocenters. The lowest BCUT2D eigenvalue weighted by Gasteiger charge is -2.32. The fourth-order valence-corrected chi connectivity index (χ4v) is 3.54. The largest absolute Gasteiger partial charge is 0.490 e. The molecule has 0 radical (unpaired) electrons. The second kappa shape index (κ2) is 9.85. The molecule has 2 aromatic carbocycles. The van der Waals surface area contributed by atoms with Crippen molar-refractivity contribution in [3.8, 4) is 16.9 Å². The number of esters is 1.